The lowest BCUT2D eigenvalue weighted by Crippen LogP contribution is -2.33. The van der Waals surface area contributed by atoms with Gasteiger partial charge in [-0.25, -0.2) is 0 Å². The number of hydrogen-bond acceptors (Lipinski definition) is 3. The van der Waals surface area contributed by atoms with Crippen LogP contribution >= 0.6 is 0 Å². The third-order valence-electron chi connectivity index (χ3n) is 2.92. The van der Waals surface area contributed by atoms with Gasteiger partial charge in [0.1, 0.15) is 0 Å². The molecule has 1 aliphatic heterocycles. The Bertz CT molecular complexity index is 487. The fourth-order valence-electron chi connectivity index (χ4n) is 2.18. The van der Waals surface area contributed by atoms with E-state index in [1.54, 1.807) is 0 Å². The molecule has 0 amide bonds. The van der Waals surface area contributed by atoms with Crippen LogP contribution in [-0.4, -0.2) is 26.8 Å². The molecule has 0 radical (unpaired) electrons. The van der Waals surface area contributed by atoms with E-state index in [0.717, 1.165) is 12.1 Å². The van der Waals surface area contributed by atoms with Crippen molar-refractivity contribution in [3.05, 3.63) is 29.8 Å². The van der Waals surface area contributed by atoms with E-state index in [1.807, 2.05) is 36.1 Å². The van der Waals surface area contributed by atoms with Gasteiger partial charge in [0.05, 0.1) is 5.75 Å². The maximum atomic E-state index is 12.5. The van der Waals surface area contributed by atoms with Crippen molar-refractivity contribution < 1.29 is 12.3 Å². The summed E-state index contributed by atoms with van der Waals surface area (Å²) in [5.41, 5.74) is 2.23. The Morgan fingerprint density at radius 1 is 1.44 bits per heavy atom. The van der Waals surface area contributed by atoms with Gasteiger partial charge in [-0.2, -0.15) is 8.42 Å². The van der Waals surface area contributed by atoms with E-state index in [0.29, 0.717) is 0 Å². The Labute approximate surface area is 95.1 Å². The molecule has 0 saturated heterocycles. The molecule has 0 aliphatic carbocycles. The van der Waals surface area contributed by atoms with Crippen LogP contribution in [0, 0.1) is 0 Å². The van der Waals surface area contributed by atoms with E-state index >= 15 is 0 Å². The minimum Gasteiger partial charge on any atom is -0.367 e. The zero-order valence-corrected chi connectivity index (χ0v) is 9.87. The van der Waals surface area contributed by atoms with E-state index in [-0.39, 0.29) is 12.6 Å². The average Bonchev–Trinajstić information content (AvgIpc) is 2.49. The number of nitrogens with zero attached hydrogens (tertiary/aromatic N) is 1. The van der Waals surface area contributed by atoms with Crippen molar-refractivity contribution in [3.8, 4) is 0 Å². The van der Waals surface area contributed by atoms with Crippen LogP contribution in [0.15, 0.2) is 24.3 Å². The summed E-state index contributed by atoms with van der Waals surface area (Å²) in [7, 11) is -4.38. The second-order valence-electron chi connectivity index (χ2n) is 4.12. The lowest BCUT2D eigenvalue weighted by Gasteiger charge is -2.23. The molecule has 1 aromatic carbocycles. The van der Waals surface area contributed by atoms with Crippen molar-refractivity contribution in [2.24, 2.45) is 0 Å². The molecule has 1 aromatic rings. The summed E-state index contributed by atoms with van der Waals surface area (Å²) in [5, 5.41) is 0. The average molecular weight is 243 g/mol. The topological polar surface area (TPSA) is 37.4 Å². The molecular formula is C11H14FNO2S. The van der Waals surface area contributed by atoms with Crippen molar-refractivity contribution in [3.63, 3.8) is 0 Å². The molecule has 0 saturated carbocycles. The standard InChI is InChI=1S/C11H14FNO2S/c1-9-8-10-4-2-3-5-11(10)13(9)6-7-16(12,14)15/h2-5,9H,6-8H2,1H3. The van der Waals surface area contributed by atoms with Gasteiger partial charge >= 0.3 is 10.2 Å². The highest BCUT2D eigenvalue weighted by molar-refractivity contribution is 7.86. The van der Waals surface area contributed by atoms with Crippen LogP contribution < -0.4 is 4.90 Å². The zero-order chi connectivity index (χ0) is 11.8. The van der Waals surface area contributed by atoms with Crippen LogP contribution in [0.5, 0.6) is 0 Å². The Morgan fingerprint density at radius 2 is 2.12 bits per heavy atom. The fraction of sp³-hybridized carbons (Fsp3) is 0.455. The summed E-state index contributed by atoms with van der Waals surface area (Å²) in [5.74, 6) is -0.439. The number of hydrogen-bond donors (Lipinski definition) is 0. The van der Waals surface area contributed by atoms with Crippen molar-refractivity contribution in [2.75, 3.05) is 17.2 Å². The molecule has 0 spiro atoms. The molecule has 1 aliphatic rings. The lowest BCUT2D eigenvalue weighted by atomic mass is 10.1. The molecule has 0 aromatic heterocycles. The van der Waals surface area contributed by atoms with E-state index < -0.39 is 16.0 Å². The van der Waals surface area contributed by atoms with E-state index in [1.165, 1.54) is 5.56 Å². The van der Waals surface area contributed by atoms with Gasteiger partial charge in [0.15, 0.2) is 0 Å². The summed E-state index contributed by atoms with van der Waals surface area (Å²) in [6.07, 6.45) is 0.891. The van der Waals surface area contributed by atoms with Gasteiger partial charge in [-0.15, -0.1) is 3.89 Å². The second kappa shape index (κ2) is 4.05. The Hall–Kier alpha value is -1.10. The molecule has 5 heteroatoms. The van der Waals surface area contributed by atoms with E-state index in [2.05, 4.69) is 0 Å². The predicted octanol–water partition coefficient (Wildman–Crippen LogP) is 1.74. The number of para-hydroxylation sites is 1. The summed E-state index contributed by atoms with van der Waals surface area (Å²) >= 11 is 0. The quantitative estimate of drug-likeness (QED) is 0.759. The van der Waals surface area contributed by atoms with Crippen LogP contribution in [0.1, 0.15) is 12.5 Å². The normalized spacial score (nSPS) is 19.9. The molecule has 0 N–H and O–H groups in total. The maximum absolute atomic E-state index is 12.5. The molecule has 1 atom stereocenters. The highest BCUT2D eigenvalue weighted by Crippen LogP contribution is 2.31. The molecule has 88 valence electrons. The first kappa shape index (κ1) is 11.4. The molecule has 3 nitrogen and oxygen atoms in total. The first-order valence-electron chi connectivity index (χ1n) is 5.24. The van der Waals surface area contributed by atoms with Gasteiger partial charge in [-0.05, 0) is 25.0 Å². The largest absolute Gasteiger partial charge is 0.367 e. The molecular weight excluding hydrogens is 229 g/mol. The van der Waals surface area contributed by atoms with Crippen molar-refractivity contribution in [1.82, 2.24) is 0 Å². The molecule has 0 bridgehead atoms. The van der Waals surface area contributed by atoms with E-state index in [9.17, 15) is 12.3 Å². The summed E-state index contributed by atoms with van der Waals surface area (Å²) in [6.45, 7) is 2.24. The van der Waals surface area contributed by atoms with Gasteiger partial charge in [-0.1, -0.05) is 18.2 Å². The third kappa shape index (κ3) is 2.35. The fourth-order valence-corrected chi connectivity index (χ4v) is 2.59. The van der Waals surface area contributed by atoms with Gasteiger partial charge in [-0.3, -0.25) is 0 Å². The number of anilines is 1. The van der Waals surface area contributed by atoms with Crippen molar-refractivity contribution >= 4 is 15.9 Å². The smallest absolute Gasteiger partial charge is 0.304 e. The van der Waals surface area contributed by atoms with Crippen LogP contribution in [0.25, 0.3) is 0 Å². The highest BCUT2D eigenvalue weighted by Gasteiger charge is 2.26. The number of rotatable bonds is 3. The first-order valence-corrected chi connectivity index (χ1v) is 6.79. The molecule has 1 heterocycles. The SMILES string of the molecule is CC1Cc2ccccc2N1CCS(=O)(=O)F. The number of benzene rings is 1. The van der Waals surface area contributed by atoms with Crippen LogP contribution in [0.3, 0.4) is 0 Å². The van der Waals surface area contributed by atoms with Crippen LogP contribution in [-0.2, 0) is 16.6 Å². The summed E-state index contributed by atoms with van der Waals surface area (Å²) < 4.78 is 33.5. The Balaban J connectivity index is 2.16. The maximum Gasteiger partial charge on any atom is 0.304 e. The third-order valence-corrected chi connectivity index (χ3v) is 3.59. The van der Waals surface area contributed by atoms with Crippen LogP contribution in [0.2, 0.25) is 0 Å². The van der Waals surface area contributed by atoms with Gasteiger partial charge in [0.25, 0.3) is 0 Å². The minimum absolute atomic E-state index is 0.219. The predicted molar refractivity (Wildman–Crippen MR) is 61.8 cm³/mol. The molecule has 16 heavy (non-hydrogen) atoms. The molecule has 0 fully saturated rings. The van der Waals surface area contributed by atoms with Gasteiger partial charge in [0.2, 0.25) is 0 Å². The molecule has 1 unspecified atom stereocenters. The minimum atomic E-state index is -4.38. The van der Waals surface area contributed by atoms with Crippen molar-refractivity contribution in [1.29, 1.82) is 0 Å². The zero-order valence-electron chi connectivity index (χ0n) is 9.06. The second-order valence-corrected chi connectivity index (χ2v) is 5.60. The Kier molecular flexibility index (Phi) is 2.88. The monoisotopic (exact) mass is 243 g/mol. The van der Waals surface area contributed by atoms with Gasteiger partial charge in [0, 0.05) is 18.3 Å². The first-order chi connectivity index (χ1) is 7.47. The summed E-state index contributed by atoms with van der Waals surface area (Å²) in [4.78, 5) is 1.95. The Morgan fingerprint density at radius 3 is 2.81 bits per heavy atom. The van der Waals surface area contributed by atoms with Gasteiger partial charge < -0.3 is 4.90 Å². The lowest BCUT2D eigenvalue weighted by molar-refractivity contribution is 0.549. The highest BCUT2D eigenvalue weighted by atomic mass is 32.3. The molecule has 2 rings (SSSR count). The van der Waals surface area contributed by atoms with E-state index in [4.69, 9.17) is 0 Å². The number of halogens is 1. The van der Waals surface area contributed by atoms with Crippen LogP contribution in [0.4, 0.5) is 9.57 Å². The summed E-state index contributed by atoms with van der Waals surface area (Å²) in [6, 6.07) is 8.08. The number of fused-ring (bicyclic) bond motifs is 1. The van der Waals surface area contributed by atoms with Crippen molar-refractivity contribution in [2.45, 2.75) is 19.4 Å².